The van der Waals surface area contributed by atoms with Gasteiger partial charge in [0, 0.05) is 6.20 Å². The van der Waals surface area contributed by atoms with Gasteiger partial charge in [-0.05, 0) is 24.6 Å². The van der Waals surface area contributed by atoms with Crippen LogP contribution in [0, 0.1) is 6.92 Å². The van der Waals surface area contributed by atoms with Crippen LogP contribution in [0.4, 0.5) is 5.82 Å². The Labute approximate surface area is 70.3 Å². The first-order valence-corrected chi connectivity index (χ1v) is 3.56. The van der Waals surface area contributed by atoms with E-state index in [0.29, 0.717) is 5.82 Å². The molecule has 1 aromatic rings. The Morgan fingerprint density at radius 1 is 1.75 bits per heavy atom. The van der Waals surface area contributed by atoms with E-state index in [9.17, 15) is 4.79 Å². The molecule has 0 unspecified atom stereocenters. The number of pyridine rings is 1. The van der Waals surface area contributed by atoms with Crippen molar-refractivity contribution in [2.75, 3.05) is 11.9 Å². The van der Waals surface area contributed by atoms with Crippen molar-refractivity contribution in [2.45, 2.75) is 6.92 Å². The van der Waals surface area contributed by atoms with Crippen molar-refractivity contribution in [3.63, 3.8) is 0 Å². The molecule has 0 atom stereocenters. The van der Waals surface area contributed by atoms with Crippen LogP contribution in [0.25, 0.3) is 0 Å². The molecule has 0 aromatic carbocycles. The van der Waals surface area contributed by atoms with Crippen molar-refractivity contribution < 1.29 is 9.90 Å². The van der Waals surface area contributed by atoms with E-state index in [0.717, 1.165) is 5.56 Å². The molecule has 4 nitrogen and oxygen atoms in total. The zero-order valence-electron chi connectivity index (χ0n) is 6.74. The fourth-order valence-corrected chi connectivity index (χ4v) is 0.787. The summed E-state index contributed by atoms with van der Waals surface area (Å²) in [6.45, 7) is 1.38. The number of hydrogen-bond acceptors (Lipinski definition) is 3. The van der Waals surface area contributed by atoms with Crippen molar-refractivity contribution in [1.82, 2.24) is 4.98 Å². The summed E-state index contributed by atoms with van der Waals surface area (Å²) < 4.78 is 0. The number of aromatic nitrogens is 1. The molecule has 1 aromatic heterocycles. The smallest absolute Gasteiger partial charge is 0.251 e. The van der Waals surface area contributed by atoms with E-state index < -0.39 is 12.5 Å². The fourth-order valence-electron chi connectivity index (χ4n) is 0.787. The number of aliphatic hydroxyl groups excluding tert-OH is 1. The quantitative estimate of drug-likeness (QED) is 0.665. The van der Waals surface area contributed by atoms with Crippen LogP contribution in [-0.2, 0) is 4.79 Å². The maximum absolute atomic E-state index is 10.7. The van der Waals surface area contributed by atoms with Crippen LogP contribution in [0.1, 0.15) is 5.56 Å². The van der Waals surface area contributed by atoms with E-state index in [-0.39, 0.29) is 0 Å². The fraction of sp³-hybridized carbons (Fsp3) is 0.250. The highest BCUT2D eigenvalue weighted by Gasteiger charge is 1.99. The van der Waals surface area contributed by atoms with Gasteiger partial charge in [0.1, 0.15) is 12.4 Å². The number of anilines is 1. The Morgan fingerprint density at radius 3 is 3.08 bits per heavy atom. The number of nitrogens with zero attached hydrogens (tertiary/aromatic N) is 1. The van der Waals surface area contributed by atoms with E-state index in [1.54, 1.807) is 12.3 Å². The predicted molar refractivity (Wildman–Crippen MR) is 44.7 cm³/mol. The Morgan fingerprint density at radius 2 is 2.50 bits per heavy atom. The summed E-state index contributed by atoms with van der Waals surface area (Å²) in [5, 5.41) is 10.9. The molecular weight excluding hydrogens is 156 g/mol. The van der Waals surface area contributed by atoms with Crippen LogP contribution in [0.2, 0.25) is 0 Å². The SMILES string of the molecule is Cc1ccnc(NC(=O)CO)c1. The van der Waals surface area contributed by atoms with Crippen LogP contribution >= 0.6 is 0 Å². The zero-order valence-corrected chi connectivity index (χ0v) is 6.74. The highest BCUT2D eigenvalue weighted by Crippen LogP contribution is 2.04. The lowest BCUT2D eigenvalue weighted by atomic mass is 10.3. The average Bonchev–Trinajstić information content (AvgIpc) is 2.04. The first-order chi connectivity index (χ1) is 5.72. The van der Waals surface area contributed by atoms with Crippen LogP contribution in [0.5, 0.6) is 0 Å². The Hall–Kier alpha value is -1.42. The Bertz CT molecular complexity index is 286. The van der Waals surface area contributed by atoms with Gasteiger partial charge in [0.25, 0.3) is 5.91 Å². The number of aliphatic hydroxyl groups is 1. The van der Waals surface area contributed by atoms with Gasteiger partial charge in [-0.3, -0.25) is 4.79 Å². The second-order valence-corrected chi connectivity index (χ2v) is 2.42. The average molecular weight is 166 g/mol. The van der Waals surface area contributed by atoms with E-state index in [1.165, 1.54) is 0 Å². The minimum absolute atomic E-state index is 0.451. The van der Waals surface area contributed by atoms with Gasteiger partial charge in [-0.1, -0.05) is 0 Å². The molecule has 0 saturated carbocycles. The van der Waals surface area contributed by atoms with E-state index in [2.05, 4.69) is 10.3 Å². The summed E-state index contributed by atoms with van der Waals surface area (Å²) in [7, 11) is 0. The monoisotopic (exact) mass is 166 g/mol. The third kappa shape index (κ3) is 2.32. The number of hydrogen-bond donors (Lipinski definition) is 2. The second kappa shape index (κ2) is 3.82. The molecule has 0 bridgehead atoms. The van der Waals surface area contributed by atoms with Gasteiger partial charge in [0.15, 0.2) is 0 Å². The lowest BCUT2D eigenvalue weighted by molar-refractivity contribution is -0.118. The third-order valence-electron chi connectivity index (χ3n) is 1.33. The van der Waals surface area contributed by atoms with Gasteiger partial charge in [0.05, 0.1) is 0 Å². The first-order valence-electron chi connectivity index (χ1n) is 3.56. The summed E-state index contributed by atoms with van der Waals surface area (Å²) in [5.74, 6) is 0.0159. The second-order valence-electron chi connectivity index (χ2n) is 2.42. The Balaban J connectivity index is 2.69. The molecule has 2 N–H and O–H groups in total. The van der Waals surface area contributed by atoms with E-state index >= 15 is 0 Å². The van der Waals surface area contributed by atoms with Gasteiger partial charge in [-0.25, -0.2) is 4.98 Å². The Kier molecular flexibility index (Phi) is 2.76. The molecule has 12 heavy (non-hydrogen) atoms. The summed E-state index contributed by atoms with van der Waals surface area (Å²) in [6, 6.07) is 3.56. The molecule has 0 fully saturated rings. The summed E-state index contributed by atoms with van der Waals surface area (Å²) in [6.07, 6.45) is 1.60. The lowest BCUT2D eigenvalue weighted by Crippen LogP contribution is -2.16. The summed E-state index contributed by atoms with van der Waals surface area (Å²) in [4.78, 5) is 14.6. The minimum atomic E-state index is -0.518. The third-order valence-corrected chi connectivity index (χ3v) is 1.33. The number of carbonyl (C=O) groups excluding carboxylic acids is 1. The predicted octanol–water partition coefficient (Wildman–Crippen LogP) is 0.321. The maximum atomic E-state index is 10.7. The summed E-state index contributed by atoms with van der Waals surface area (Å²) >= 11 is 0. The zero-order chi connectivity index (χ0) is 8.97. The van der Waals surface area contributed by atoms with Gasteiger partial charge in [-0.2, -0.15) is 0 Å². The molecular formula is C8H10N2O2. The van der Waals surface area contributed by atoms with E-state index in [4.69, 9.17) is 5.11 Å². The molecule has 0 aliphatic heterocycles. The van der Waals surface area contributed by atoms with Gasteiger partial charge in [0.2, 0.25) is 0 Å². The topological polar surface area (TPSA) is 62.2 Å². The molecule has 1 amide bonds. The van der Waals surface area contributed by atoms with Gasteiger partial charge >= 0.3 is 0 Å². The molecule has 0 aliphatic carbocycles. The highest BCUT2D eigenvalue weighted by molar-refractivity contribution is 5.90. The normalized spacial score (nSPS) is 9.50. The van der Waals surface area contributed by atoms with Crippen LogP contribution in [0.15, 0.2) is 18.3 Å². The van der Waals surface area contributed by atoms with E-state index in [1.807, 2.05) is 13.0 Å². The first kappa shape index (κ1) is 8.67. The van der Waals surface area contributed by atoms with Crippen LogP contribution < -0.4 is 5.32 Å². The number of rotatable bonds is 2. The van der Waals surface area contributed by atoms with Crippen LogP contribution in [-0.4, -0.2) is 22.6 Å². The molecule has 0 spiro atoms. The molecule has 64 valence electrons. The van der Waals surface area contributed by atoms with Crippen molar-refractivity contribution in [3.05, 3.63) is 23.9 Å². The maximum Gasteiger partial charge on any atom is 0.251 e. The molecule has 1 rings (SSSR count). The summed E-state index contributed by atoms with van der Waals surface area (Å²) in [5.41, 5.74) is 1.01. The molecule has 1 heterocycles. The van der Waals surface area contributed by atoms with Crippen LogP contribution in [0.3, 0.4) is 0 Å². The lowest BCUT2D eigenvalue weighted by Gasteiger charge is -2.01. The number of nitrogens with one attached hydrogen (secondary N) is 1. The van der Waals surface area contributed by atoms with Crippen molar-refractivity contribution >= 4 is 11.7 Å². The molecule has 4 heteroatoms. The number of aryl methyl sites for hydroxylation is 1. The van der Waals surface area contributed by atoms with Crippen molar-refractivity contribution in [1.29, 1.82) is 0 Å². The minimum Gasteiger partial charge on any atom is -0.387 e. The largest absolute Gasteiger partial charge is 0.387 e. The number of amides is 1. The highest BCUT2D eigenvalue weighted by atomic mass is 16.3. The standard InChI is InChI=1S/C8H10N2O2/c1-6-2-3-9-7(4-6)10-8(12)5-11/h2-4,11H,5H2,1H3,(H,9,10,12). The molecule has 0 aliphatic rings. The molecule has 0 saturated heterocycles. The van der Waals surface area contributed by atoms with Crippen molar-refractivity contribution in [2.24, 2.45) is 0 Å². The molecule has 0 radical (unpaired) electrons. The van der Waals surface area contributed by atoms with Gasteiger partial charge in [-0.15, -0.1) is 0 Å². The number of carbonyl (C=O) groups is 1. The van der Waals surface area contributed by atoms with Crippen molar-refractivity contribution in [3.8, 4) is 0 Å². The van der Waals surface area contributed by atoms with Gasteiger partial charge < -0.3 is 10.4 Å².